The molecule has 1 saturated heterocycles. The number of esters is 1. The smallest absolute Gasteiger partial charge is 0.341 e. The molecule has 1 aromatic heterocycles. The Bertz CT molecular complexity index is 430. The molecule has 2 N–H and O–H groups in total. The highest BCUT2D eigenvalue weighted by atomic mass is 16.5. The second kappa shape index (κ2) is 6.21. The Hall–Kier alpha value is -1.33. The highest BCUT2D eigenvalue weighted by Crippen LogP contribution is 2.25. The summed E-state index contributed by atoms with van der Waals surface area (Å²) in [7, 11) is 1.38. The van der Waals surface area contributed by atoms with Gasteiger partial charge in [-0.1, -0.05) is 6.42 Å². The normalized spacial score (nSPS) is 24.4. The van der Waals surface area contributed by atoms with Gasteiger partial charge in [0, 0.05) is 18.6 Å². The maximum Gasteiger partial charge on any atom is 0.341 e. The number of furan rings is 1. The van der Waals surface area contributed by atoms with E-state index in [0.717, 1.165) is 12.8 Å². The minimum absolute atomic E-state index is 0.349. The van der Waals surface area contributed by atoms with Crippen LogP contribution in [0.25, 0.3) is 0 Å². The van der Waals surface area contributed by atoms with Crippen molar-refractivity contribution in [2.75, 3.05) is 13.7 Å². The third-order valence-electron chi connectivity index (χ3n) is 3.94. The third kappa shape index (κ3) is 2.98. The highest BCUT2D eigenvalue weighted by molar-refractivity contribution is 5.90. The van der Waals surface area contributed by atoms with Crippen LogP contribution in [0.2, 0.25) is 0 Å². The quantitative estimate of drug-likeness (QED) is 0.841. The van der Waals surface area contributed by atoms with E-state index in [9.17, 15) is 4.79 Å². The van der Waals surface area contributed by atoms with Crippen molar-refractivity contribution in [1.29, 1.82) is 0 Å². The van der Waals surface area contributed by atoms with Crippen molar-refractivity contribution in [2.24, 2.45) is 5.73 Å². The average Bonchev–Trinajstić information content (AvgIpc) is 2.88. The number of piperidine rings is 1. The van der Waals surface area contributed by atoms with Crippen LogP contribution in [0, 0.1) is 0 Å². The molecule has 5 nitrogen and oxygen atoms in total. The van der Waals surface area contributed by atoms with Gasteiger partial charge >= 0.3 is 5.97 Å². The maximum absolute atomic E-state index is 11.6. The Morgan fingerprint density at radius 2 is 2.37 bits per heavy atom. The zero-order valence-electron chi connectivity index (χ0n) is 11.6. The van der Waals surface area contributed by atoms with Gasteiger partial charge in [-0.25, -0.2) is 4.79 Å². The monoisotopic (exact) mass is 266 g/mol. The van der Waals surface area contributed by atoms with Crippen LogP contribution in [0.4, 0.5) is 0 Å². The summed E-state index contributed by atoms with van der Waals surface area (Å²) in [6.07, 6.45) is 5.01. The Morgan fingerprint density at radius 1 is 1.58 bits per heavy atom. The van der Waals surface area contributed by atoms with Crippen molar-refractivity contribution in [2.45, 2.75) is 44.8 Å². The molecule has 19 heavy (non-hydrogen) atoms. The lowest BCUT2D eigenvalue weighted by Gasteiger charge is -2.39. The van der Waals surface area contributed by atoms with Crippen LogP contribution in [0.1, 0.15) is 42.3 Å². The molecule has 106 valence electrons. The Kier molecular flexibility index (Phi) is 4.61. The van der Waals surface area contributed by atoms with E-state index in [-0.39, 0.29) is 5.97 Å². The number of carbonyl (C=O) groups is 1. The fourth-order valence-corrected chi connectivity index (χ4v) is 2.80. The van der Waals surface area contributed by atoms with E-state index in [1.165, 1.54) is 19.8 Å². The molecule has 2 heterocycles. The Labute approximate surface area is 113 Å². The number of likely N-dealkylation sites (tertiary alicyclic amines) is 1. The predicted molar refractivity (Wildman–Crippen MR) is 71.7 cm³/mol. The van der Waals surface area contributed by atoms with E-state index in [0.29, 0.717) is 36.5 Å². The summed E-state index contributed by atoms with van der Waals surface area (Å²) in [6, 6.07) is 2.48. The Balaban J connectivity index is 2.15. The van der Waals surface area contributed by atoms with Gasteiger partial charge in [-0.3, -0.25) is 4.90 Å². The zero-order valence-corrected chi connectivity index (χ0v) is 11.6. The number of carbonyl (C=O) groups excluding carboxylic acids is 1. The number of methoxy groups -OCH3 is 1. The molecule has 0 bridgehead atoms. The molecule has 5 heteroatoms. The van der Waals surface area contributed by atoms with Crippen LogP contribution in [0.15, 0.2) is 16.7 Å². The van der Waals surface area contributed by atoms with Crippen molar-refractivity contribution in [3.05, 3.63) is 23.7 Å². The number of hydrogen-bond acceptors (Lipinski definition) is 5. The SMILES string of the molecule is COC(=O)c1ccoc1CN1C(C)CCCC1CN. The molecule has 1 fully saturated rings. The van der Waals surface area contributed by atoms with E-state index in [1.54, 1.807) is 6.07 Å². The van der Waals surface area contributed by atoms with Gasteiger partial charge in [0.1, 0.15) is 11.3 Å². The second-order valence-corrected chi connectivity index (χ2v) is 5.09. The lowest BCUT2D eigenvalue weighted by atomic mass is 9.96. The number of hydrogen-bond donors (Lipinski definition) is 1. The summed E-state index contributed by atoms with van der Waals surface area (Å²) in [5, 5.41) is 0. The van der Waals surface area contributed by atoms with E-state index < -0.39 is 0 Å². The summed E-state index contributed by atoms with van der Waals surface area (Å²) < 4.78 is 10.2. The summed E-state index contributed by atoms with van der Waals surface area (Å²) >= 11 is 0. The van der Waals surface area contributed by atoms with Gasteiger partial charge in [0.25, 0.3) is 0 Å². The van der Waals surface area contributed by atoms with Gasteiger partial charge in [-0.2, -0.15) is 0 Å². The van der Waals surface area contributed by atoms with Crippen molar-refractivity contribution >= 4 is 5.97 Å². The van der Waals surface area contributed by atoms with Crippen LogP contribution in [-0.2, 0) is 11.3 Å². The van der Waals surface area contributed by atoms with Crippen LogP contribution in [-0.4, -0.2) is 36.6 Å². The second-order valence-electron chi connectivity index (χ2n) is 5.09. The molecule has 0 spiro atoms. The molecule has 0 radical (unpaired) electrons. The number of nitrogens with zero attached hydrogens (tertiary/aromatic N) is 1. The first-order valence-corrected chi connectivity index (χ1v) is 6.77. The number of nitrogens with two attached hydrogens (primary N) is 1. The minimum atomic E-state index is -0.349. The first-order valence-electron chi connectivity index (χ1n) is 6.77. The lowest BCUT2D eigenvalue weighted by molar-refractivity contribution is 0.0582. The predicted octanol–water partition coefficient (Wildman–Crippen LogP) is 1.77. The topological polar surface area (TPSA) is 68.7 Å². The van der Waals surface area contributed by atoms with Gasteiger partial charge in [0.2, 0.25) is 0 Å². The van der Waals surface area contributed by atoms with E-state index in [1.807, 2.05) is 0 Å². The maximum atomic E-state index is 11.6. The summed E-state index contributed by atoms with van der Waals surface area (Å²) in [5.41, 5.74) is 6.36. The first-order chi connectivity index (χ1) is 9.17. The molecule has 0 aromatic carbocycles. The molecular formula is C14H22N2O3. The van der Waals surface area contributed by atoms with E-state index in [4.69, 9.17) is 14.9 Å². The van der Waals surface area contributed by atoms with Crippen LogP contribution in [0.3, 0.4) is 0 Å². The van der Waals surface area contributed by atoms with Crippen molar-refractivity contribution in [3.8, 4) is 0 Å². The lowest BCUT2D eigenvalue weighted by Crippen LogP contribution is -2.48. The van der Waals surface area contributed by atoms with Gasteiger partial charge < -0.3 is 14.9 Å². The molecule has 2 atom stereocenters. The third-order valence-corrected chi connectivity index (χ3v) is 3.94. The summed E-state index contributed by atoms with van der Waals surface area (Å²) in [6.45, 7) is 3.45. The number of ether oxygens (including phenoxy) is 1. The fourth-order valence-electron chi connectivity index (χ4n) is 2.80. The molecular weight excluding hydrogens is 244 g/mol. The number of rotatable bonds is 4. The van der Waals surface area contributed by atoms with E-state index >= 15 is 0 Å². The van der Waals surface area contributed by atoms with E-state index in [2.05, 4.69) is 11.8 Å². The molecule has 1 aromatic rings. The van der Waals surface area contributed by atoms with Crippen molar-refractivity contribution in [3.63, 3.8) is 0 Å². The minimum Gasteiger partial charge on any atom is -0.467 e. The highest BCUT2D eigenvalue weighted by Gasteiger charge is 2.29. The van der Waals surface area contributed by atoms with Crippen LogP contribution in [0.5, 0.6) is 0 Å². The van der Waals surface area contributed by atoms with Gasteiger partial charge in [-0.15, -0.1) is 0 Å². The molecule has 1 aliphatic rings. The summed E-state index contributed by atoms with van der Waals surface area (Å²) in [4.78, 5) is 14.0. The van der Waals surface area contributed by atoms with Crippen molar-refractivity contribution < 1.29 is 13.9 Å². The van der Waals surface area contributed by atoms with Crippen LogP contribution < -0.4 is 5.73 Å². The molecule has 1 aliphatic heterocycles. The van der Waals surface area contributed by atoms with Crippen molar-refractivity contribution in [1.82, 2.24) is 4.90 Å². The molecule has 0 aliphatic carbocycles. The molecule has 0 saturated carbocycles. The largest absolute Gasteiger partial charge is 0.467 e. The molecule has 2 unspecified atom stereocenters. The van der Waals surface area contributed by atoms with Gasteiger partial charge in [0.05, 0.1) is 19.9 Å². The first kappa shape index (κ1) is 14.1. The zero-order chi connectivity index (χ0) is 13.8. The van der Waals surface area contributed by atoms with Crippen LogP contribution >= 0.6 is 0 Å². The molecule has 2 rings (SSSR count). The Morgan fingerprint density at radius 3 is 3.05 bits per heavy atom. The standard InChI is InChI=1S/C14H22N2O3/c1-10-4-3-5-11(8-15)16(10)9-13-12(6-7-19-13)14(17)18-2/h6-7,10-11H,3-5,8-9,15H2,1-2H3. The average molecular weight is 266 g/mol. The molecule has 0 amide bonds. The fraction of sp³-hybridized carbons (Fsp3) is 0.643. The van der Waals surface area contributed by atoms with Gasteiger partial charge in [0.15, 0.2) is 0 Å². The van der Waals surface area contributed by atoms with Gasteiger partial charge in [-0.05, 0) is 25.8 Å². The summed E-state index contributed by atoms with van der Waals surface area (Å²) in [5.74, 6) is 0.316.